The van der Waals surface area contributed by atoms with Crippen molar-refractivity contribution in [2.24, 2.45) is 0 Å². The lowest BCUT2D eigenvalue weighted by Crippen LogP contribution is -2.27. The summed E-state index contributed by atoms with van der Waals surface area (Å²) in [6.45, 7) is 1.80. The highest BCUT2D eigenvalue weighted by molar-refractivity contribution is 5.95. The van der Waals surface area contributed by atoms with E-state index in [0.717, 1.165) is 0 Å². The molecule has 0 fully saturated rings. The molecular weight excluding hydrogens is 330 g/mol. The Kier molecular flexibility index (Phi) is 4.94. The number of benzene rings is 2. The van der Waals surface area contributed by atoms with E-state index < -0.39 is 6.04 Å². The van der Waals surface area contributed by atoms with Gasteiger partial charge < -0.3 is 10.1 Å². The molecule has 1 amide bonds. The number of hydrogen-bond acceptors (Lipinski definition) is 5. The molecule has 0 unspecified atom stereocenters. The molecule has 1 atom stereocenters. The van der Waals surface area contributed by atoms with Gasteiger partial charge in [-0.05, 0) is 25.1 Å². The number of para-hydroxylation sites is 1. The Morgan fingerprint density at radius 2 is 2.08 bits per heavy atom. The van der Waals surface area contributed by atoms with E-state index in [-0.39, 0.29) is 5.91 Å². The predicted octanol–water partition coefficient (Wildman–Crippen LogP) is 2.78. The number of carbonyl (C=O) groups is 1. The monoisotopic (exact) mass is 347 g/mol. The van der Waals surface area contributed by atoms with Crippen LogP contribution in [0.15, 0.2) is 48.5 Å². The highest BCUT2D eigenvalue weighted by Gasteiger charge is 2.19. The van der Waals surface area contributed by atoms with Crippen LogP contribution >= 0.6 is 0 Å². The summed E-state index contributed by atoms with van der Waals surface area (Å²) in [4.78, 5) is 16.9. The number of methoxy groups -OCH3 is 1. The van der Waals surface area contributed by atoms with Gasteiger partial charge in [-0.1, -0.05) is 30.3 Å². The smallest absolute Gasteiger partial charge is 0.252 e. The van der Waals surface area contributed by atoms with Crippen molar-refractivity contribution in [3.8, 4) is 23.2 Å². The second kappa shape index (κ2) is 7.49. The van der Waals surface area contributed by atoms with Gasteiger partial charge in [0.1, 0.15) is 17.6 Å². The van der Waals surface area contributed by atoms with Crippen molar-refractivity contribution in [2.45, 2.75) is 13.0 Å². The second-order valence-electron chi connectivity index (χ2n) is 5.60. The summed E-state index contributed by atoms with van der Waals surface area (Å²) in [5, 5.41) is 19.1. The van der Waals surface area contributed by atoms with Gasteiger partial charge in [-0.2, -0.15) is 10.4 Å². The third-order valence-corrected chi connectivity index (χ3v) is 3.83. The lowest BCUT2D eigenvalue weighted by molar-refractivity contribution is 0.0945. The van der Waals surface area contributed by atoms with E-state index in [1.165, 1.54) is 7.11 Å². The van der Waals surface area contributed by atoms with Crippen LogP contribution in [0.5, 0.6) is 5.75 Å². The first kappa shape index (κ1) is 17.2. The lowest BCUT2D eigenvalue weighted by atomic mass is 10.1. The topological polar surface area (TPSA) is 104 Å². The van der Waals surface area contributed by atoms with Crippen LogP contribution in [0, 0.1) is 18.3 Å². The van der Waals surface area contributed by atoms with Gasteiger partial charge >= 0.3 is 0 Å². The molecule has 1 heterocycles. The molecule has 1 aromatic heterocycles. The number of ether oxygens (including phenoxy) is 1. The summed E-state index contributed by atoms with van der Waals surface area (Å²) in [6.07, 6.45) is 0. The van der Waals surface area contributed by atoms with Crippen LogP contribution in [-0.4, -0.2) is 28.2 Å². The Morgan fingerprint density at radius 3 is 2.77 bits per heavy atom. The largest absolute Gasteiger partial charge is 0.496 e. The molecule has 2 N–H and O–H groups in total. The molecule has 0 bridgehead atoms. The Bertz CT molecular complexity index is 974. The zero-order valence-corrected chi connectivity index (χ0v) is 14.4. The molecule has 3 aromatic rings. The molecule has 7 nitrogen and oxygen atoms in total. The highest BCUT2D eigenvalue weighted by atomic mass is 16.5. The zero-order valence-electron chi connectivity index (χ0n) is 14.4. The van der Waals surface area contributed by atoms with Crippen molar-refractivity contribution in [1.82, 2.24) is 20.5 Å². The van der Waals surface area contributed by atoms with Crippen LogP contribution in [0.25, 0.3) is 11.4 Å². The summed E-state index contributed by atoms with van der Waals surface area (Å²) in [7, 11) is 1.53. The van der Waals surface area contributed by atoms with Crippen LogP contribution in [0.3, 0.4) is 0 Å². The fourth-order valence-corrected chi connectivity index (χ4v) is 2.57. The van der Waals surface area contributed by atoms with Gasteiger partial charge in [-0.15, -0.1) is 0 Å². The van der Waals surface area contributed by atoms with Crippen LogP contribution in [-0.2, 0) is 0 Å². The molecule has 3 rings (SSSR count). The van der Waals surface area contributed by atoms with E-state index in [9.17, 15) is 10.1 Å². The second-order valence-corrected chi connectivity index (χ2v) is 5.60. The lowest BCUT2D eigenvalue weighted by Gasteiger charge is -2.15. The molecule has 0 aliphatic carbocycles. The Morgan fingerprint density at radius 1 is 1.27 bits per heavy atom. The molecule has 0 radical (unpaired) electrons. The maximum absolute atomic E-state index is 12.6. The number of carbonyl (C=O) groups excluding carboxylic acids is 1. The number of nitrogens with zero attached hydrogens (tertiary/aromatic N) is 3. The van der Waals surface area contributed by atoms with Crippen LogP contribution in [0.2, 0.25) is 0 Å². The maximum Gasteiger partial charge on any atom is 0.252 e. The Labute approximate surface area is 150 Å². The summed E-state index contributed by atoms with van der Waals surface area (Å²) >= 11 is 0. The first-order valence-corrected chi connectivity index (χ1v) is 7.95. The minimum atomic E-state index is -0.826. The van der Waals surface area contributed by atoms with Gasteiger partial charge in [0.15, 0.2) is 5.82 Å². The molecule has 130 valence electrons. The van der Waals surface area contributed by atoms with Crippen molar-refractivity contribution in [2.75, 3.05) is 7.11 Å². The summed E-state index contributed by atoms with van der Waals surface area (Å²) in [5.74, 6) is 1.38. The van der Waals surface area contributed by atoms with Crippen molar-refractivity contribution in [3.63, 3.8) is 0 Å². The van der Waals surface area contributed by atoms with Crippen molar-refractivity contribution in [3.05, 3.63) is 65.5 Å². The van der Waals surface area contributed by atoms with Crippen molar-refractivity contribution >= 4 is 5.91 Å². The molecule has 26 heavy (non-hydrogen) atoms. The SMILES string of the molecule is COc1ccccc1[C@@H](C#N)NC(=O)c1cccc(-c2n[nH]c(C)n2)c1. The number of aryl methyl sites for hydroxylation is 1. The summed E-state index contributed by atoms with van der Waals surface area (Å²) < 4.78 is 5.27. The molecule has 0 saturated carbocycles. The van der Waals surface area contributed by atoms with Gasteiger partial charge in [0.2, 0.25) is 0 Å². The molecular formula is C19H17N5O2. The van der Waals surface area contributed by atoms with Gasteiger partial charge in [0, 0.05) is 16.7 Å². The average molecular weight is 347 g/mol. The standard InChI is InChI=1S/C19H17N5O2/c1-12-21-18(24-23-12)13-6-5-7-14(10-13)19(25)22-16(11-20)15-8-3-4-9-17(15)26-2/h3-10,16H,1-2H3,(H,22,25)(H,21,23,24)/t16-/m1/s1. The number of rotatable bonds is 5. The third kappa shape index (κ3) is 3.54. The Balaban J connectivity index is 1.84. The number of nitriles is 1. The summed E-state index contributed by atoms with van der Waals surface area (Å²) in [5.41, 5.74) is 1.74. The van der Waals surface area contributed by atoms with Crippen LogP contribution in [0.1, 0.15) is 27.8 Å². The first-order valence-electron chi connectivity index (χ1n) is 7.95. The molecule has 7 heteroatoms. The number of H-pyrrole nitrogens is 1. The van der Waals surface area contributed by atoms with E-state index in [4.69, 9.17) is 4.74 Å². The third-order valence-electron chi connectivity index (χ3n) is 3.83. The van der Waals surface area contributed by atoms with E-state index in [2.05, 4.69) is 26.6 Å². The molecule has 0 spiro atoms. The molecule has 0 saturated heterocycles. The van der Waals surface area contributed by atoms with Gasteiger partial charge in [0.05, 0.1) is 13.2 Å². The minimum Gasteiger partial charge on any atom is -0.496 e. The fourth-order valence-electron chi connectivity index (χ4n) is 2.57. The van der Waals surface area contributed by atoms with Crippen molar-refractivity contribution < 1.29 is 9.53 Å². The number of aromatic amines is 1. The normalized spacial score (nSPS) is 11.4. The number of amides is 1. The quantitative estimate of drug-likeness (QED) is 0.738. The van der Waals surface area contributed by atoms with E-state index in [1.807, 2.05) is 6.07 Å². The summed E-state index contributed by atoms with van der Waals surface area (Å²) in [6, 6.07) is 15.3. The van der Waals surface area contributed by atoms with Gasteiger partial charge in [0.25, 0.3) is 5.91 Å². The molecule has 0 aliphatic heterocycles. The minimum absolute atomic E-state index is 0.364. The molecule has 0 aliphatic rings. The van der Waals surface area contributed by atoms with Crippen molar-refractivity contribution in [1.29, 1.82) is 5.26 Å². The van der Waals surface area contributed by atoms with E-state index in [0.29, 0.717) is 34.1 Å². The average Bonchev–Trinajstić information content (AvgIpc) is 3.12. The Hall–Kier alpha value is -3.66. The number of nitrogens with one attached hydrogen (secondary N) is 2. The van der Waals surface area contributed by atoms with Crippen LogP contribution < -0.4 is 10.1 Å². The van der Waals surface area contributed by atoms with Gasteiger partial charge in [-0.25, -0.2) is 4.98 Å². The number of hydrogen-bond donors (Lipinski definition) is 2. The van der Waals surface area contributed by atoms with E-state index >= 15 is 0 Å². The van der Waals surface area contributed by atoms with Gasteiger partial charge in [-0.3, -0.25) is 9.89 Å². The predicted molar refractivity (Wildman–Crippen MR) is 95.4 cm³/mol. The number of aromatic nitrogens is 3. The first-order chi connectivity index (χ1) is 12.6. The fraction of sp³-hybridized carbons (Fsp3) is 0.158. The zero-order chi connectivity index (χ0) is 18.5. The highest BCUT2D eigenvalue weighted by Crippen LogP contribution is 2.25. The molecule has 2 aromatic carbocycles. The van der Waals surface area contributed by atoms with Crippen LogP contribution in [0.4, 0.5) is 0 Å². The van der Waals surface area contributed by atoms with E-state index in [1.54, 1.807) is 49.4 Å². The maximum atomic E-state index is 12.6.